The number of halogens is 1. The molecule has 14 rings (SSSR count). The number of nitrogens with zero attached hydrogens (tertiary/aromatic N) is 4. The van der Waals surface area contributed by atoms with Crippen LogP contribution in [0.15, 0.2) is 325 Å². The average molecular weight is 1500 g/mol. The number of ketones is 4. The Kier molecular flexibility index (Phi) is 23.0. The van der Waals surface area contributed by atoms with Crippen LogP contribution in [0.5, 0.6) is 34.5 Å². The lowest BCUT2D eigenvalue weighted by atomic mass is 9.71. The van der Waals surface area contributed by atoms with Crippen LogP contribution in [0.25, 0.3) is 23.2 Å². The Balaban J connectivity index is 0.000000158. The standard InChI is InChI=1S/C20H18O3.C20H18.C13H10O4.C13H10O.C10H5ClN2O3S.C10H6N2O4S/c1-20(14-2-8-17(21)9-3-14,15-4-10-18(22)11-5-15)16-6-12-19(23)13-7-16;1-20(17-11-5-2-6-12-17,18-13-7-3-8-14-18)19-15-9-4-10-16-19;14-10-7-6-9(12(16)13(10)17)11(15)8-4-2-1-3-5-8;14-13(11-7-3-1-4-8-11)12-9-5-2-6-10-12;11-17(15,16)9-3-1-2-7-6(9)4-5-8(13-12)10(7)14;11-12-8-5-4-6-7(10(8)13)2-1-3-9(6)17(14,15)16/h2-13,21-23H,1H3;2-16H,1H3;1-7,14,16-17H;1-10H;1-5H;1-5H,(H,14,15,16)/i;2D,3D,4D;;1D,3D,7D;;. The summed E-state index contributed by atoms with van der Waals surface area (Å²) in [4.78, 5) is 52.6. The second-order valence-electron chi connectivity index (χ2n) is 23.8. The van der Waals surface area contributed by atoms with Crippen molar-refractivity contribution in [2.24, 2.45) is 0 Å². The lowest BCUT2D eigenvalue weighted by Gasteiger charge is -2.32. The highest BCUT2D eigenvalue weighted by Crippen LogP contribution is 2.42. The van der Waals surface area contributed by atoms with Crippen LogP contribution in [-0.4, -0.2) is 96.2 Å². The first kappa shape index (κ1) is 70.2. The molecule has 0 spiro atoms. The molecule has 0 unspecified atom stereocenters. The van der Waals surface area contributed by atoms with Gasteiger partial charge in [0, 0.05) is 72.6 Å². The molecule has 0 saturated carbocycles. The maximum atomic E-state index is 12.1. The van der Waals surface area contributed by atoms with E-state index in [1.807, 2.05) is 72.8 Å². The second-order valence-corrected chi connectivity index (χ2v) is 27.7. The molecule has 0 aliphatic heterocycles. The minimum Gasteiger partial charge on any atom is -0.508 e. The summed E-state index contributed by atoms with van der Waals surface area (Å²) in [7, 11) is -3.06. The summed E-state index contributed by atoms with van der Waals surface area (Å²) in [5.41, 5.74) is 23.7. The molecular formula is C86H67ClN4O15S2. The first-order valence-electron chi connectivity index (χ1n) is 35.3. The SMILES string of the molecule is CC(c1ccc(O)cc1)(c1ccc(O)cc1)c1ccc(O)cc1.O=C(c1ccccc1)c1ccc(O)c(O)c1O.[2H]c1ccc(C(=O)c2ccccc2)c([2H])c1[2H].[2H]c1ccc(C(C)(c2ccc([2H])cc2)c2ccc([2H])cc2)cc1.[N-]=[N+]=C1C=Cc2c(cccc2S(=O)(=O)Cl)C1=O.[N-]=[N+]=C1C=Cc2c(cccc2S(=O)(=O)O)C1=O. The van der Waals surface area contributed by atoms with Gasteiger partial charge in [-0.3, -0.25) is 23.7 Å². The molecule has 0 fully saturated rings. The first-order valence-corrected chi connectivity index (χ1v) is 36.0. The van der Waals surface area contributed by atoms with Gasteiger partial charge in [0.2, 0.25) is 5.75 Å². The van der Waals surface area contributed by atoms with Crippen LogP contribution in [0.4, 0.5) is 0 Å². The quantitative estimate of drug-likeness (QED) is 0.0114. The molecule has 12 aromatic carbocycles. The van der Waals surface area contributed by atoms with Crippen molar-refractivity contribution < 1.29 is 89.0 Å². The Morgan fingerprint density at radius 2 is 0.741 bits per heavy atom. The predicted octanol–water partition coefficient (Wildman–Crippen LogP) is 16.5. The third kappa shape index (κ3) is 18.7. The molecule has 22 heteroatoms. The van der Waals surface area contributed by atoms with Gasteiger partial charge in [-0.1, -0.05) is 243 Å². The zero-order chi connectivity index (χ0) is 83.0. The van der Waals surface area contributed by atoms with Crippen molar-refractivity contribution in [3.63, 3.8) is 0 Å². The number of Topliss-reactive ketones (excluding diaryl/α,β-unsaturated/α-hetero) is 2. The van der Waals surface area contributed by atoms with Crippen LogP contribution in [0.1, 0.15) is 119 Å². The van der Waals surface area contributed by atoms with E-state index >= 15 is 0 Å². The highest BCUT2D eigenvalue weighted by atomic mass is 35.7. The molecule has 2 aliphatic rings. The summed E-state index contributed by atoms with van der Waals surface area (Å²) in [6.45, 7) is 4.22. The van der Waals surface area contributed by atoms with Crippen LogP contribution in [-0.2, 0) is 30.0 Å². The number of carbonyl (C=O) groups is 4. The monoisotopic (exact) mass is 1500 g/mol. The van der Waals surface area contributed by atoms with E-state index in [4.69, 9.17) is 39.6 Å². The van der Waals surface area contributed by atoms with E-state index in [9.17, 15) is 61.5 Å². The Labute approximate surface area is 635 Å². The number of allylic oxidation sites excluding steroid dienone is 2. The highest BCUT2D eigenvalue weighted by molar-refractivity contribution is 8.13. The summed E-state index contributed by atoms with van der Waals surface area (Å²) < 4.78 is 99.5. The van der Waals surface area contributed by atoms with Crippen molar-refractivity contribution in [1.82, 2.24) is 0 Å². The molecule has 0 saturated heterocycles. The molecular weight excluding hydrogens is 1430 g/mol. The van der Waals surface area contributed by atoms with Gasteiger partial charge in [-0.05, 0) is 120 Å². The third-order valence-electron chi connectivity index (χ3n) is 17.2. The van der Waals surface area contributed by atoms with Crippen LogP contribution < -0.4 is 0 Å². The van der Waals surface area contributed by atoms with Crippen LogP contribution in [0.2, 0.25) is 0 Å². The van der Waals surface area contributed by atoms with Gasteiger partial charge in [0.15, 0.2) is 23.1 Å². The number of phenols is 6. The van der Waals surface area contributed by atoms with Crippen molar-refractivity contribution in [2.75, 3.05) is 0 Å². The van der Waals surface area contributed by atoms with Gasteiger partial charge in [0.05, 0.1) is 18.7 Å². The number of fused-ring (bicyclic) bond motifs is 2. The van der Waals surface area contributed by atoms with E-state index < -0.39 is 64.6 Å². The van der Waals surface area contributed by atoms with Crippen LogP contribution in [0.3, 0.4) is 0 Å². The van der Waals surface area contributed by atoms with Gasteiger partial charge in [-0.2, -0.15) is 18.0 Å². The molecule has 540 valence electrons. The third-order valence-corrected chi connectivity index (χ3v) is 19.5. The molecule has 108 heavy (non-hydrogen) atoms. The van der Waals surface area contributed by atoms with E-state index in [1.165, 1.54) is 78.9 Å². The summed E-state index contributed by atoms with van der Waals surface area (Å²) in [5, 5.41) is 56.8. The maximum Gasteiger partial charge on any atom is 0.362 e. The Morgan fingerprint density at radius 3 is 1.12 bits per heavy atom. The normalized spacial score (nSPS) is 12.7. The van der Waals surface area contributed by atoms with E-state index in [1.54, 1.807) is 133 Å². The van der Waals surface area contributed by atoms with E-state index in [-0.39, 0.29) is 95.8 Å². The first-order chi connectivity index (χ1) is 54.1. The smallest absolute Gasteiger partial charge is 0.362 e. The lowest BCUT2D eigenvalue weighted by Crippen LogP contribution is -2.25. The predicted molar refractivity (Wildman–Crippen MR) is 412 cm³/mol. The second kappa shape index (κ2) is 35.3. The number of benzene rings is 12. The van der Waals surface area contributed by atoms with Crippen molar-refractivity contribution in [3.05, 3.63) is 404 Å². The maximum absolute atomic E-state index is 12.1. The molecule has 0 radical (unpaired) electrons. The number of aromatic hydroxyl groups is 6. The van der Waals surface area contributed by atoms with Crippen molar-refractivity contribution in [3.8, 4) is 34.5 Å². The number of rotatable bonds is 12. The lowest BCUT2D eigenvalue weighted by molar-refractivity contribution is -0.00459. The molecule has 7 N–H and O–H groups in total. The van der Waals surface area contributed by atoms with Crippen LogP contribution >= 0.6 is 10.7 Å². The molecule has 12 aromatic rings. The van der Waals surface area contributed by atoms with Gasteiger partial charge in [-0.25, -0.2) is 8.42 Å². The number of hydrogen-bond acceptors (Lipinski definition) is 14. The van der Waals surface area contributed by atoms with Crippen molar-refractivity contribution in [2.45, 2.75) is 34.5 Å². The van der Waals surface area contributed by atoms with Gasteiger partial charge in [0.1, 0.15) is 22.1 Å². The highest BCUT2D eigenvalue weighted by Gasteiger charge is 2.34. The molecule has 0 heterocycles. The average Bonchev–Trinajstić information content (AvgIpc) is 0.778. The van der Waals surface area contributed by atoms with Gasteiger partial charge < -0.3 is 41.7 Å². The molecule has 19 nitrogen and oxygen atoms in total. The Hall–Kier alpha value is -13.5. The molecule has 0 amide bonds. The van der Waals surface area contributed by atoms with Gasteiger partial charge in [-0.15, -0.1) is 0 Å². The summed E-state index contributed by atoms with van der Waals surface area (Å²) in [6, 6.07) is 75.2. The summed E-state index contributed by atoms with van der Waals surface area (Å²) in [5.74, 6) is -2.98. The minimum atomic E-state index is -4.40. The zero-order valence-electron chi connectivity index (χ0n) is 63.1. The number of carbonyl (C=O) groups excluding carboxylic acids is 4. The van der Waals surface area contributed by atoms with Crippen molar-refractivity contribution in [1.29, 1.82) is 0 Å². The molecule has 0 atom stereocenters. The van der Waals surface area contributed by atoms with E-state index in [2.05, 4.69) is 23.4 Å². The zero-order valence-corrected chi connectivity index (χ0v) is 59.5. The molecule has 0 bridgehead atoms. The minimum absolute atomic E-state index is 0.0420. The topological polar surface area (TPSA) is 351 Å². The molecule has 2 aliphatic carbocycles. The number of hydrogen-bond donors (Lipinski definition) is 7. The fraction of sp³-hybridized carbons (Fsp3) is 0.0465. The summed E-state index contributed by atoms with van der Waals surface area (Å²) >= 11 is 0. The van der Waals surface area contributed by atoms with Gasteiger partial charge >= 0.3 is 11.4 Å². The Bertz CT molecular complexity index is 5450. The molecule has 0 aromatic heterocycles. The van der Waals surface area contributed by atoms with E-state index in [0.717, 1.165) is 39.4 Å². The summed E-state index contributed by atoms with van der Waals surface area (Å²) in [6.07, 6.45) is 5.09. The van der Waals surface area contributed by atoms with Crippen LogP contribution in [0, 0.1) is 0 Å². The van der Waals surface area contributed by atoms with E-state index in [0.29, 0.717) is 29.3 Å². The van der Waals surface area contributed by atoms with Gasteiger partial charge in [0.25, 0.3) is 30.7 Å². The fourth-order valence-electron chi connectivity index (χ4n) is 11.4. The largest absolute Gasteiger partial charge is 0.508 e. The fourth-order valence-corrected chi connectivity index (χ4v) is 13.2. The van der Waals surface area contributed by atoms with Crippen molar-refractivity contribution >= 4 is 76.6 Å². The number of phenolic OH excluding ortho intramolecular Hbond substituents is 6. The Morgan fingerprint density at radius 1 is 0.389 bits per heavy atom.